The summed E-state index contributed by atoms with van der Waals surface area (Å²) in [5, 5.41) is 0.892. The van der Waals surface area contributed by atoms with Gasteiger partial charge in [0.25, 0.3) is 0 Å². The highest BCUT2D eigenvalue weighted by Gasteiger charge is 2.27. The number of aldehydes is 1. The van der Waals surface area contributed by atoms with Crippen LogP contribution in [0.3, 0.4) is 0 Å². The van der Waals surface area contributed by atoms with Gasteiger partial charge in [-0.2, -0.15) is 0 Å². The van der Waals surface area contributed by atoms with Crippen LogP contribution in [0.25, 0.3) is 12.2 Å². The number of methoxy groups -OCH3 is 1. The zero-order valence-electron chi connectivity index (χ0n) is 13.4. The lowest BCUT2D eigenvalue weighted by Gasteiger charge is -2.06. The van der Waals surface area contributed by atoms with Crippen molar-refractivity contribution >= 4 is 35.7 Å². The molecule has 120 valence electrons. The number of esters is 1. The van der Waals surface area contributed by atoms with Crippen molar-refractivity contribution in [3.8, 4) is 0 Å². The molecule has 0 N–H and O–H groups in total. The number of carbonyl (C=O) groups excluding carboxylic acids is 2. The van der Waals surface area contributed by atoms with Crippen LogP contribution in [0.1, 0.15) is 46.8 Å². The summed E-state index contributed by atoms with van der Waals surface area (Å²) in [5.74, 6) is -1.27. The predicted molar refractivity (Wildman–Crippen MR) is 92.4 cm³/mol. The van der Waals surface area contributed by atoms with Crippen LogP contribution in [0.4, 0.5) is 0 Å². The van der Waals surface area contributed by atoms with Crippen LogP contribution in [0.5, 0.6) is 0 Å². The SMILES string of the molecule is COC(=O)C(C=O)c1sc(C(C)C)nc1C=Cc1ccccc1. The third kappa shape index (κ3) is 4.13. The van der Waals surface area contributed by atoms with Gasteiger partial charge in [0.1, 0.15) is 12.2 Å². The van der Waals surface area contributed by atoms with Gasteiger partial charge in [0.2, 0.25) is 0 Å². The fraction of sp³-hybridized carbons (Fsp3) is 0.278. The fourth-order valence-electron chi connectivity index (χ4n) is 2.04. The summed E-state index contributed by atoms with van der Waals surface area (Å²) in [6, 6.07) is 9.79. The maximum Gasteiger partial charge on any atom is 0.321 e. The molecule has 0 radical (unpaired) electrons. The Morgan fingerprint density at radius 3 is 2.48 bits per heavy atom. The van der Waals surface area contributed by atoms with E-state index in [-0.39, 0.29) is 5.92 Å². The molecule has 1 aromatic heterocycles. The van der Waals surface area contributed by atoms with Crippen molar-refractivity contribution in [1.29, 1.82) is 0 Å². The first-order chi connectivity index (χ1) is 11.1. The molecule has 2 rings (SSSR count). The lowest BCUT2D eigenvalue weighted by Crippen LogP contribution is -2.15. The average molecular weight is 329 g/mol. The van der Waals surface area contributed by atoms with Gasteiger partial charge in [-0.15, -0.1) is 11.3 Å². The molecule has 23 heavy (non-hydrogen) atoms. The van der Waals surface area contributed by atoms with E-state index in [0.29, 0.717) is 16.9 Å². The Morgan fingerprint density at radius 2 is 1.91 bits per heavy atom. The molecule has 5 heteroatoms. The molecule has 1 heterocycles. The molecule has 4 nitrogen and oxygen atoms in total. The fourth-order valence-corrected chi connectivity index (χ4v) is 3.14. The van der Waals surface area contributed by atoms with Crippen LogP contribution in [0.15, 0.2) is 30.3 Å². The molecule has 2 aromatic rings. The zero-order chi connectivity index (χ0) is 16.8. The predicted octanol–water partition coefficient (Wildman–Crippen LogP) is 3.89. The molecule has 0 bridgehead atoms. The summed E-state index contributed by atoms with van der Waals surface area (Å²) in [4.78, 5) is 28.4. The van der Waals surface area contributed by atoms with E-state index in [1.54, 1.807) is 0 Å². The van der Waals surface area contributed by atoms with Gasteiger partial charge in [0, 0.05) is 5.92 Å². The standard InChI is InChI=1S/C18H19NO3S/c1-12(2)17-19-15(10-9-13-7-5-4-6-8-13)16(23-17)14(11-20)18(21)22-3/h4-12,14H,1-3H3. The first kappa shape index (κ1) is 17.1. The minimum atomic E-state index is -0.930. The summed E-state index contributed by atoms with van der Waals surface area (Å²) in [5.41, 5.74) is 1.67. The van der Waals surface area contributed by atoms with Crippen molar-refractivity contribution in [3.63, 3.8) is 0 Å². The second-order valence-corrected chi connectivity index (χ2v) is 6.40. The van der Waals surface area contributed by atoms with Crippen LogP contribution in [0.2, 0.25) is 0 Å². The van der Waals surface area contributed by atoms with Gasteiger partial charge in [0.15, 0.2) is 0 Å². The third-order valence-electron chi connectivity index (χ3n) is 3.30. The summed E-state index contributed by atoms with van der Waals surface area (Å²) < 4.78 is 4.73. The number of aromatic nitrogens is 1. The Balaban J connectivity index is 2.42. The molecular weight excluding hydrogens is 310 g/mol. The molecule has 0 spiro atoms. The third-order valence-corrected chi connectivity index (χ3v) is 4.75. The van der Waals surface area contributed by atoms with Crippen molar-refractivity contribution in [3.05, 3.63) is 51.5 Å². The number of benzene rings is 1. The highest BCUT2D eigenvalue weighted by atomic mass is 32.1. The molecule has 1 unspecified atom stereocenters. The number of rotatable bonds is 6. The largest absolute Gasteiger partial charge is 0.468 e. The Kier molecular flexibility index (Phi) is 5.82. The molecular formula is C18H19NO3S. The average Bonchev–Trinajstić information content (AvgIpc) is 2.98. The van der Waals surface area contributed by atoms with Crippen molar-refractivity contribution < 1.29 is 14.3 Å². The number of carbonyl (C=O) groups is 2. The normalized spacial score (nSPS) is 12.5. The number of thiazole rings is 1. The van der Waals surface area contributed by atoms with E-state index < -0.39 is 11.9 Å². The lowest BCUT2D eigenvalue weighted by molar-refractivity contribution is -0.143. The summed E-state index contributed by atoms with van der Waals surface area (Å²) in [6.45, 7) is 4.06. The molecule has 0 aliphatic rings. The maximum absolute atomic E-state index is 11.9. The van der Waals surface area contributed by atoms with E-state index in [1.807, 2.05) is 56.3 Å². The molecule has 1 aromatic carbocycles. The van der Waals surface area contributed by atoms with Crippen molar-refractivity contribution in [1.82, 2.24) is 4.98 Å². The Hall–Kier alpha value is -2.27. The van der Waals surface area contributed by atoms with E-state index >= 15 is 0 Å². The molecule has 0 aliphatic heterocycles. The summed E-state index contributed by atoms with van der Waals surface area (Å²) in [6.07, 6.45) is 4.37. The molecule has 0 aliphatic carbocycles. The van der Waals surface area contributed by atoms with Crippen LogP contribution in [-0.2, 0) is 14.3 Å². The smallest absolute Gasteiger partial charge is 0.321 e. The van der Waals surface area contributed by atoms with Gasteiger partial charge < -0.3 is 9.53 Å². The highest BCUT2D eigenvalue weighted by molar-refractivity contribution is 7.12. The van der Waals surface area contributed by atoms with Crippen LogP contribution in [-0.4, -0.2) is 24.3 Å². The second-order valence-electron chi connectivity index (χ2n) is 5.34. The van der Waals surface area contributed by atoms with Crippen molar-refractivity contribution in [2.45, 2.75) is 25.7 Å². The minimum absolute atomic E-state index is 0.225. The van der Waals surface area contributed by atoms with Gasteiger partial charge in [-0.25, -0.2) is 4.98 Å². The molecule has 0 saturated heterocycles. The van der Waals surface area contributed by atoms with Crippen LogP contribution in [0, 0.1) is 0 Å². The zero-order valence-corrected chi connectivity index (χ0v) is 14.2. The first-order valence-corrected chi connectivity index (χ1v) is 8.15. The summed E-state index contributed by atoms with van der Waals surface area (Å²) in [7, 11) is 1.28. The van der Waals surface area contributed by atoms with Crippen molar-refractivity contribution in [2.75, 3.05) is 7.11 Å². The summed E-state index contributed by atoms with van der Waals surface area (Å²) >= 11 is 1.38. The Morgan fingerprint density at radius 1 is 1.22 bits per heavy atom. The van der Waals surface area contributed by atoms with E-state index in [0.717, 1.165) is 10.6 Å². The van der Waals surface area contributed by atoms with Gasteiger partial charge in [0.05, 0.1) is 22.7 Å². The second kappa shape index (κ2) is 7.83. The number of hydrogen-bond acceptors (Lipinski definition) is 5. The first-order valence-electron chi connectivity index (χ1n) is 7.33. The van der Waals surface area contributed by atoms with E-state index in [9.17, 15) is 9.59 Å². The monoisotopic (exact) mass is 329 g/mol. The highest BCUT2D eigenvalue weighted by Crippen LogP contribution is 2.32. The van der Waals surface area contributed by atoms with Gasteiger partial charge in [-0.05, 0) is 11.6 Å². The van der Waals surface area contributed by atoms with Gasteiger partial charge in [-0.1, -0.05) is 50.3 Å². The number of hydrogen-bond donors (Lipinski definition) is 0. The van der Waals surface area contributed by atoms with Gasteiger partial charge >= 0.3 is 5.97 Å². The van der Waals surface area contributed by atoms with Crippen LogP contribution >= 0.6 is 11.3 Å². The van der Waals surface area contributed by atoms with Crippen LogP contribution < -0.4 is 0 Å². The molecule has 1 atom stereocenters. The van der Waals surface area contributed by atoms with Crippen molar-refractivity contribution in [2.24, 2.45) is 0 Å². The maximum atomic E-state index is 11.9. The van der Waals surface area contributed by atoms with Gasteiger partial charge in [-0.3, -0.25) is 4.79 Å². The van der Waals surface area contributed by atoms with E-state index in [1.165, 1.54) is 18.4 Å². The quantitative estimate of drug-likeness (QED) is 0.458. The van der Waals surface area contributed by atoms with E-state index in [4.69, 9.17) is 4.74 Å². The van der Waals surface area contributed by atoms with E-state index in [2.05, 4.69) is 4.98 Å². The molecule has 0 amide bonds. The Labute approximate surface area is 139 Å². The Bertz CT molecular complexity index is 704. The molecule has 0 saturated carbocycles. The minimum Gasteiger partial charge on any atom is -0.468 e. The number of ether oxygens (including phenoxy) is 1. The lowest BCUT2D eigenvalue weighted by atomic mass is 10.1. The molecule has 0 fully saturated rings. The topological polar surface area (TPSA) is 56.3 Å². The number of nitrogens with zero attached hydrogens (tertiary/aromatic N) is 1.